The van der Waals surface area contributed by atoms with E-state index in [1.807, 2.05) is 0 Å². The van der Waals surface area contributed by atoms with E-state index in [1.54, 1.807) is 6.92 Å². The molecule has 0 fully saturated rings. The quantitative estimate of drug-likeness (QED) is 0.725. The Kier molecular flexibility index (Phi) is 3.87. The van der Waals surface area contributed by atoms with E-state index < -0.39 is 17.1 Å². The van der Waals surface area contributed by atoms with Gasteiger partial charge in [-0.1, -0.05) is 21.1 Å². The zero-order chi connectivity index (χ0) is 14.2. The summed E-state index contributed by atoms with van der Waals surface area (Å²) in [6.45, 7) is 1.60. The summed E-state index contributed by atoms with van der Waals surface area (Å²) in [4.78, 5) is 3.86. The van der Waals surface area contributed by atoms with Gasteiger partial charge in [-0.05, 0) is 25.1 Å². The van der Waals surface area contributed by atoms with E-state index in [0.29, 0.717) is 4.47 Å². The highest BCUT2D eigenvalue weighted by molar-refractivity contribution is 9.10. The second-order valence-electron chi connectivity index (χ2n) is 3.76. The number of alkyl halides is 4. The van der Waals surface area contributed by atoms with E-state index >= 15 is 0 Å². The van der Waals surface area contributed by atoms with Crippen molar-refractivity contribution in [2.75, 3.05) is 0 Å². The first-order valence-electron chi connectivity index (χ1n) is 5.14. The van der Waals surface area contributed by atoms with Crippen molar-refractivity contribution in [1.29, 1.82) is 0 Å². The summed E-state index contributed by atoms with van der Waals surface area (Å²) >= 11 is 8.75. The molecule has 0 aliphatic heterocycles. The van der Waals surface area contributed by atoms with Gasteiger partial charge in [-0.15, -0.1) is 11.6 Å². The van der Waals surface area contributed by atoms with Gasteiger partial charge in [0, 0.05) is 4.47 Å². The topological polar surface area (TPSA) is 38.9 Å². The number of hydrogen-bond donors (Lipinski definition) is 0. The lowest BCUT2D eigenvalue weighted by molar-refractivity contribution is -0.137. The first-order chi connectivity index (χ1) is 8.79. The maximum absolute atomic E-state index is 12.9. The Labute approximate surface area is 119 Å². The number of nitrogens with zero attached hydrogens (tertiary/aromatic N) is 2. The summed E-state index contributed by atoms with van der Waals surface area (Å²) in [5.41, 5.74) is -1.02. The molecule has 1 heterocycles. The van der Waals surface area contributed by atoms with E-state index in [2.05, 4.69) is 26.1 Å². The summed E-state index contributed by atoms with van der Waals surface area (Å²) in [6.07, 6.45) is -4.51. The van der Waals surface area contributed by atoms with Crippen molar-refractivity contribution in [3.63, 3.8) is 0 Å². The summed E-state index contributed by atoms with van der Waals surface area (Å²) < 4.78 is 44.0. The predicted octanol–water partition coefficient (Wildman–Crippen LogP) is 4.82. The zero-order valence-corrected chi connectivity index (χ0v) is 11.8. The van der Waals surface area contributed by atoms with Crippen LogP contribution in [0.2, 0.25) is 0 Å². The molecule has 0 radical (unpaired) electrons. The van der Waals surface area contributed by atoms with Crippen LogP contribution in [0.1, 0.15) is 23.7 Å². The summed E-state index contributed by atoms with van der Waals surface area (Å²) in [7, 11) is 0. The van der Waals surface area contributed by atoms with E-state index in [4.69, 9.17) is 16.1 Å². The Morgan fingerprint density at radius 2 is 2.05 bits per heavy atom. The monoisotopic (exact) mass is 354 g/mol. The molecule has 3 nitrogen and oxygen atoms in total. The van der Waals surface area contributed by atoms with Crippen LogP contribution in [-0.2, 0) is 6.18 Å². The van der Waals surface area contributed by atoms with Crippen molar-refractivity contribution >= 4 is 27.5 Å². The lowest BCUT2D eigenvalue weighted by Gasteiger charge is -2.10. The Morgan fingerprint density at radius 3 is 2.58 bits per heavy atom. The van der Waals surface area contributed by atoms with Gasteiger partial charge in [0.1, 0.15) is 0 Å². The van der Waals surface area contributed by atoms with Gasteiger partial charge >= 0.3 is 6.18 Å². The minimum Gasteiger partial charge on any atom is -0.334 e. The van der Waals surface area contributed by atoms with Crippen LogP contribution < -0.4 is 0 Å². The molecule has 0 N–H and O–H groups in total. The molecule has 0 amide bonds. The van der Waals surface area contributed by atoms with E-state index in [9.17, 15) is 13.2 Å². The second kappa shape index (κ2) is 5.13. The van der Waals surface area contributed by atoms with Gasteiger partial charge < -0.3 is 4.52 Å². The van der Waals surface area contributed by atoms with Crippen LogP contribution in [0.3, 0.4) is 0 Å². The first-order valence-corrected chi connectivity index (χ1v) is 6.37. The third kappa shape index (κ3) is 3.09. The summed E-state index contributed by atoms with van der Waals surface area (Å²) in [5.74, 6) is -0.0602. The first kappa shape index (κ1) is 14.3. The number of benzene rings is 1. The van der Waals surface area contributed by atoms with Gasteiger partial charge in [0.15, 0.2) is 5.82 Å². The van der Waals surface area contributed by atoms with Crippen molar-refractivity contribution in [1.82, 2.24) is 10.1 Å². The van der Waals surface area contributed by atoms with Crippen LogP contribution in [0.5, 0.6) is 0 Å². The molecular weight excluding hydrogens is 348 g/mol. The highest BCUT2D eigenvalue weighted by atomic mass is 79.9. The lowest BCUT2D eigenvalue weighted by Crippen LogP contribution is -2.07. The fourth-order valence-corrected chi connectivity index (χ4v) is 1.89. The minimum absolute atomic E-state index is 0.146. The second-order valence-corrected chi connectivity index (χ2v) is 5.33. The molecule has 1 atom stereocenters. The fourth-order valence-electron chi connectivity index (χ4n) is 1.44. The number of aromatic nitrogens is 2. The van der Waals surface area contributed by atoms with Crippen molar-refractivity contribution in [3.05, 3.63) is 34.1 Å². The average Bonchev–Trinajstić information content (AvgIpc) is 2.77. The maximum Gasteiger partial charge on any atom is 0.417 e. The molecule has 2 rings (SSSR count). The highest BCUT2D eigenvalue weighted by Crippen LogP contribution is 2.38. The lowest BCUT2D eigenvalue weighted by atomic mass is 10.1. The standard InChI is InChI=1S/C11H7BrClF3N2O/c1-5(13)9-17-10(19-18-9)7-3-2-6(12)4-8(7)11(14,15)16/h2-5H,1H3. The number of halogens is 5. The molecule has 0 saturated heterocycles. The molecule has 1 aromatic heterocycles. The van der Waals surface area contributed by atoms with Crippen LogP contribution in [0.25, 0.3) is 11.5 Å². The average molecular weight is 356 g/mol. The van der Waals surface area contributed by atoms with Crippen LogP contribution in [0.4, 0.5) is 13.2 Å². The third-order valence-corrected chi connectivity index (χ3v) is 3.00. The number of rotatable bonds is 2. The molecule has 0 bridgehead atoms. The Bertz CT molecular complexity index is 598. The molecule has 102 valence electrons. The molecule has 0 aliphatic carbocycles. The van der Waals surface area contributed by atoms with Crippen LogP contribution >= 0.6 is 27.5 Å². The highest BCUT2D eigenvalue weighted by Gasteiger charge is 2.35. The largest absolute Gasteiger partial charge is 0.417 e. The molecule has 19 heavy (non-hydrogen) atoms. The van der Waals surface area contributed by atoms with E-state index in [0.717, 1.165) is 6.07 Å². The van der Waals surface area contributed by atoms with Gasteiger partial charge in [-0.2, -0.15) is 18.2 Å². The molecule has 8 heteroatoms. The normalized spacial score (nSPS) is 13.6. The van der Waals surface area contributed by atoms with Crippen LogP contribution in [0, 0.1) is 0 Å². The molecule has 2 aromatic rings. The van der Waals surface area contributed by atoms with Crippen molar-refractivity contribution in [3.8, 4) is 11.5 Å². The number of hydrogen-bond acceptors (Lipinski definition) is 3. The molecule has 0 spiro atoms. The van der Waals surface area contributed by atoms with Gasteiger partial charge in [0.25, 0.3) is 5.89 Å². The Balaban J connectivity index is 2.55. The molecular formula is C11H7BrClF3N2O. The van der Waals surface area contributed by atoms with Crippen molar-refractivity contribution in [2.45, 2.75) is 18.5 Å². The van der Waals surface area contributed by atoms with Crippen LogP contribution in [0.15, 0.2) is 27.2 Å². The van der Waals surface area contributed by atoms with Gasteiger partial charge in [0.05, 0.1) is 16.5 Å². The zero-order valence-electron chi connectivity index (χ0n) is 9.50. The predicted molar refractivity (Wildman–Crippen MR) is 66.7 cm³/mol. The molecule has 1 unspecified atom stereocenters. The van der Waals surface area contributed by atoms with E-state index in [1.165, 1.54) is 12.1 Å². The van der Waals surface area contributed by atoms with Crippen molar-refractivity contribution < 1.29 is 17.7 Å². The SMILES string of the molecule is CC(Cl)c1noc(-c2ccc(Br)cc2C(F)(F)F)n1. The van der Waals surface area contributed by atoms with Crippen molar-refractivity contribution in [2.24, 2.45) is 0 Å². The Hall–Kier alpha value is -1.08. The summed E-state index contributed by atoms with van der Waals surface area (Å²) in [6, 6.07) is 3.70. The van der Waals surface area contributed by atoms with Crippen LogP contribution in [-0.4, -0.2) is 10.1 Å². The fraction of sp³-hybridized carbons (Fsp3) is 0.273. The molecule has 0 saturated carbocycles. The minimum atomic E-state index is -4.51. The maximum atomic E-state index is 12.9. The molecule has 0 aliphatic rings. The molecule has 1 aromatic carbocycles. The van der Waals surface area contributed by atoms with Gasteiger partial charge in [-0.3, -0.25) is 0 Å². The van der Waals surface area contributed by atoms with Gasteiger partial charge in [0.2, 0.25) is 0 Å². The van der Waals surface area contributed by atoms with Gasteiger partial charge in [-0.25, -0.2) is 0 Å². The Morgan fingerprint density at radius 1 is 1.37 bits per heavy atom. The smallest absolute Gasteiger partial charge is 0.334 e. The summed E-state index contributed by atoms with van der Waals surface area (Å²) in [5, 5.41) is 3.00. The van der Waals surface area contributed by atoms with E-state index in [-0.39, 0.29) is 17.3 Å². The third-order valence-electron chi connectivity index (χ3n) is 2.31.